The summed E-state index contributed by atoms with van der Waals surface area (Å²) >= 11 is 11.8. The van der Waals surface area contributed by atoms with Crippen molar-refractivity contribution in [2.75, 3.05) is 61.0 Å². The second kappa shape index (κ2) is 37.4. The van der Waals surface area contributed by atoms with Crippen LogP contribution in [0, 0.1) is 48.5 Å². The predicted octanol–water partition coefficient (Wildman–Crippen LogP) is 22.2. The van der Waals surface area contributed by atoms with Crippen LogP contribution in [-0.2, 0) is 9.47 Å². The third kappa shape index (κ3) is 20.9. The Labute approximate surface area is 679 Å². The summed E-state index contributed by atoms with van der Waals surface area (Å²) in [5.41, 5.74) is 26.4. The number of hydrogen-bond acceptors (Lipinski definition) is 17. The first kappa shape index (κ1) is 79.9. The molecule has 19 heteroatoms. The van der Waals surface area contributed by atoms with Gasteiger partial charge in [-0.05, 0) is 225 Å². The topological polar surface area (TPSA) is 191 Å². The van der Waals surface area contributed by atoms with Gasteiger partial charge in [-0.2, -0.15) is 0 Å². The Morgan fingerprint density at radius 3 is 0.687 bits per heavy atom. The van der Waals surface area contributed by atoms with E-state index in [2.05, 4.69) is 159 Å². The number of carbonyl (C=O) groups is 2. The molecule has 0 fully saturated rings. The van der Waals surface area contributed by atoms with Gasteiger partial charge in [-0.25, -0.2) is 39.5 Å². The molecule has 0 atom stereocenters. The number of carbonyl (C=O) groups excluding carboxylic acids is 2. The predicted molar refractivity (Wildman–Crippen MR) is 460 cm³/mol. The molecule has 6 aliphatic heterocycles. The molecule has 17 nitrogen and oxygen atoms in total. The Kier molecular flexibility index (Phi) is 26.0. The standard InChI is InChI=1S/C17H15NO3.C16H12ClNO3.C16H15NO2.2C16H15NO.C15H12ClNO/c1-11-3-8-14-16(9-11)21-10-15(18-14)12-4-6-13(7-5-12)17(19)20-2;1-20-16(19)11-4-2-10(3-5-11)14-9-21-15-8-12(17)6-7-13(15)18-14;1-11-3-8-14-16(9-11)19-10-15(17-14)12-4-6-13(18-2)7-5-12;2*1-11-3-6-13(7-4-11)15-10-18-16-9-12(2)5-8-14(16)17-15;1-10-2-4-11(5-3-10)14-9-18-15-8-12(16)6-7-13(15)17-14/h3-9H,10H2,1-2H3;2-8H,9H2,1H3;3-9H,10H2,1-2H3;2*3-9H,10H2,1-2H3;2-8H,9H2,1H3. The van der Waals surface area contributed by atoms with Gasteiger partial charge in [-0.3, -0.25) is 0 Å². The molecule has 18 rings (SSSR count). The Morgan fingerprint density at radius 1 is 0.261 bits per heavy atom. The van der Waals surface area contributed by atoms with Crippen molar-refractivity contribution in [3.63, 3.8) is 0 Å². The molecule has 0 radical (unpaired) electrons. The third-order valence-electron chi connectivity index (χ3n) is 18.9. The van der Waals surface area contributed by atoms with Gasteiger partial charge in [0.25, 0.3) is 0 Å². The molecule has 0 bridgehead atoms. The second-order valence-corrected chi connectivity index (χ2v) is 28.5. The number of nitrogens with zero attached hydrogens (tertiary/aromatic N) is 6. The number of fused-ring (bicyclic) bond motifs is 6. The van der Waals surface area contributed by atoms with Crippen molar-refractivity contribution < 1.29 is 52.2 Å². The molecule has 0 saturated carbocycles. The molecule has 0 N–H and O–H groups in total. The molecule has 578 valence electrons. The second-order valence-electron chi connectivity index (χ2n) is 27.7. The summed E-state index contributed by atoms with van der Waals surface area (Å²) in [5, 5.41) is 1.29. The smallest absolute Gasteiger partial charge is 0.337 e. The van der Waals surface area contributed by atoms with E-state index in [1.807, 2.05) is 141 Å². The summed E-state index contributed by atoms with van der Waals surface area (Å²) in [6.07, 6.45) is 0. The number of aliphatic imine (C=N–C) groups is 6. The lowest BCUT2D eigenvalue weighted by Crippen LogP contribution is -2.16. The number of hydrogen-bond donors (Lipinski definition) is 0. The minimum Gasteiger partial charge on any atom is -0.497 e. The molecule has 12 aromatic rings. The van der Waals surface area contributed by atoms with E-state index in [1.165, 1.54) is 47.6 Å². The highest BCUT2D eigenvalue weighted by Gasteiger charge is 2.22. The van der Waals surface area contributed by atoms with Gasteiger partial charge in [-0.15, -0.1) is 0 Å². The van der Waals surface area contributed by atoms with Crippen LogP contribution in [0.3, 0.4) is 0 Å². The van der Waals surface area contributed by atoms with Gasteiger partial charge in [0, 0.05) is 22.2 Å². The molecule has 0 saturated heterocycles. The Balaban J connectivity index is 0.000000120. The normalized spacial score (nSPS) is 13.3. The molecule has 0 aromatic heterocycles. The molecule has 12 aromatic carbocycles. The van der Waals surface area contributed by atoms with Gasteiger partial charge in [0.1, 0.15) is 114 Å². The molecule has 6 aliphatic rings. The van der Waals surface area contributed by atoms with Crippen LogP contribution < -0.4 is 33.2 Å². The van der Waals surface area contributed by atoms with Gasteiger partial charge in [0.15, 0.2) is 0 Å². The van der Waals surface area contributed by atoms with Crippen molar-refractivity contribution in [3.05, 3.63) is 348 Å². The van der Waals surface area contributed by atoms with E-state index in [0.717, 1.165) is 142 Å². The highest BCUT2D eigenvalue weighted by atomic mass is 35.5. The lowest BCUT2D eigenvalue weighted by Gasteiger charge is -2.17. The lowest BCUT2D eigenvalue weighted by atomic mass is 10.1. The SMILES string of the molecule is COC(=O)c1ccc(C2=Nc3ccc(C)cc3OC2)cc1.COC(=O)c1ccc(C2=Nc3ccc(Cl)cc3OC2)cc1.COc1ccc(C2=Nc3ccc(C)cc3OC2)cc1.Cc1ccc(C2=Nc3ccc(C)cc3OC2)cc1.Cc1ccc(C2=Nc3ccc(C)cc3OC2)cc1.Cc1ccc(C2=Nc3ccc(Cl)cc3OC2)cc1. The Morgan fingerprint density at radius 2 is 0.461 bits per heavy atom. The minimum absolute atomic E-state index is 0.343. The van der Waals surface area contributed by atoms with Crippen molar-refractivity contribution in [1.29, 1.82) is 0 Å². The highest BCUT2D eigenvalue weighted by molar-refractivity contribution is 6.31. The molecule has 0 spiro atoms. The number of aryl methyl sites for hydroxylation is 7. The third-order valence-corrected chi connectivity index (χ3v) is 19.4. The fraction of sp³-hybridized carbons (Fsp3) is 0.167. The van der Waals surface area contributed by atoms with Gasteiger partial charge >= 0.3 is 11.9 Å². The van der Waals surface area contributed by atoms with Crippen molar-refractivity contribution in [3.8, 4) is 40.2 Å². The fourth-order valence-electron chi connectivity index (χ4n) is 12.4. The van der Waals surface area contributed by atoms with E-state index in [1.54, 1.807) is 49.6 Å². The molecule has 115 heavy (non-hydrogen) atoms. The van der Waals surface area contributed by atoms with Crippen LogP contribution in [0.1, 0.15) is 93.0 Å². The van der Waals surface area contributed by atoms with Gasteiger partial charge < -0.3 is 42.6 Å². The van der Waals surface area contributed by atoms with Crippen molar-refractivity contribution >= 4 is 104 Å². The van der Waals surface area contributed by atoms with Crippen LogP contribution in [-0.4, -0.2) is 107 Å². The summed E-state index contributed by atoms with van der Waals surface area (Å²) in [4.78, 5) is 50.7. The van der Waals surface area contributed by atoms with E-state index < -0.39 is 0 Å². The van der Waals surface area contributed by atoms with E-state index >= 15 is 0 Å². The van der Waals surface area contributed by atoms with Crippen LogP contribution in [0.5, 0.6) is 40.2 Å². The zero-order valence-corrected chi connectivity index (χ0v) is 66.9. The zero-order valence-electron chi connectivity index (χ0n) is 65.4. The summed E-state index contributed by atoms with van der Waals surface area (Å²) in [6.45, 7) is 17.3. The van der Waals surface area contributed by atoms with Crippen molar-refractivity contribution in [2.24, 2.45) is 30.0 Å². The lowest BCUT2D eigenvalue weighted by molar-refractivity contribution is 0.0592. The van der Waals surface area contributed by atoms with Crippen LogP contribution in [0.15, 0.2) is 285 Å². The highest BCUT2D eigenvalue weighted by Crippen LogP contribution is 2.39. The first-order valence-electron chi connectivity index (χ1n) is 37.2. The summed E-state index contributed by atoms with van der Waals surface area (Å²) in [6, 6.07) is 82.2. The quantitative estimate of drug-likeness (QED) is 0.125. The molecule has 0 unspecified atom stereocenters. The number of methoxy groups -OCH3 is 3. The molecule has 0 aliphatic carbocycles. The van der Waals surface area contributed by atoms with E-state index in [4.69, 9.17) is 56.4 Å². The number of ether oxygens (including phenoxy) is 9. The van der Waals surface area contributed by atoms with Crippen LogP contribution in [0.25, 0.3) is 0 Å². The number of halogens is 2. The average Bonchev–Trinajstić information content (AvgIpc) is 0.846. The van der Waals surface area contributed by atoms with Crippen molar-refractivity contribution in [2.45, 2.75) is 48.5 Å². The van der Waals surface area contributed by atoms with Crippen LogP contribution in [0.4, 0.5) is 34.1 Å². The maximum Gasteiger partial charge on any atom is 0.337 e. The summed E-state index contributed by atoms with van der Waals surface area (Å²) in [7, 11) is 4.39. The molecule has 0 amide bonds. The average molecular weight is 1570 g/mol. The minimum atomic E-state index is -0.358. The number of benzene rings is 12. The van der Waals surface area contributed by atoms with Crippen molar-refractivity contribution in [1.82, 2.24) is 0 Å². The van der Waals surface area contributed by atoms with E-state index in [0.29, 0.717) is 66.6 Å². The maximum absolute atomic E-state index is 11.4. The molecule has 6 heterocycles. The molecular weight excluding hydrogens is 1480 g/mol. The van der Waals surface area contributed by atoms with Gasteiger partial charge in [-0.1, -0.05) is 161 Å². The monoisotopic (exact) mass is 1570 g/mol. The first-order chi connectivity index (χ1) is 55.8. The summed E-state index contributed by atoms with van der Waals surface area (Å²) in [5.74, 6) is 5.00. The number of esters is 2. The first-order valence-corrected chi connectivity index (χ1v) is 38.0. The van der Waals surface area contributed by atoms with Gasteiger partial charge in [0.05, 0.1) is 66.7 Å². The largest absolute Gasteiger partial charge is 0.497 e. The zero-order chi connectivity index (χ0) is 80.5. The van der Waals surface area contributed by atoms with Crippen LogP contribution >= 0.6 is 23.2 Å². The molecular formula is C96H84Cl2N6O11. The fourth-order valence-corrected chi connectivity index (χ4v) is 12.7. The Bertz CT molecular complexity index is 5350. The number of rotatable bonds is 9. The Hall–Kier alpha value is -13.2. The van der Waals surface area contributed by atoms with E-state index in [-0.39, 0.29) is 11.9 Å². The van der Waals surface area contributed by atoms with E-state index in [9.17, 15) is 9.59 Å². The van der Waals surface area contributed by atoms with Crippen LogP contribution in [0.2, 0.25) is 10.0 Å². The summed E-state index contributed by atoms with van der Waals surface area (Å²) < 4.78 is 48.9. The van der Waals surface area contributed by atoms with Gasteiger partial charge in [0.2, 0.25) is 0 Å². The maximum atomic E-state index is 11.4.